The number of aromatic hydroxyl groups is 1. The van der Waals surface area contributed by atoms with Gasteiger partial charge in [0.15, 0.2) is 0 Å². The topological polar surface area (TPSA) is 68.2 Å². The van der Waals surface area contributed by atoms with Gasteiger partial charge in [-0.25, -0.2) is 0 Å². The molecule has 0 aromatic heterocycles. The second kappa shape index (κ2) is 14.7. The van der Waals surface area contributed by atoms with Crippen LogP contribution in [0.15, 0.2) is 54.6 Å². The Balaban J connectivity index is 0.000000504. The quantitative estimate of drug-likeness (QED) is 0.596. The molecule has 5 nitrogen and oxygen atoms in total. The maximum atomic E-state index is 10.0. The van der Waals surface area contributed by atoms with Crippen LogP contribution in [-0.4, -0.2) is 30.0 Å². The molecule has 0 radical (unpaired) electrons. The fraction of sp³-hybridized carbons (Fsp3) is 0.400. The minimum Gasteiger partial charge on any atom is -0.508 e. The van der Waals surface area contributed by atoms with Crippen molar-refractivity contribution >= 4 is 8.60 Å². The minimum atomic E-state index is -1.06. The van der Waals surface area contributed by atoms with Crippen molar-refractivity contribution in [1.82, 2.24) is 0 Å². The standard InChI is InChI=1S/C13H12O2.C6H15O3P.CH4/c14-12-9-5-4-8-11(12)13(15)10-6-2-1-3-7-10;1-4-7-10(8-5-2)9-6-3;/h1-9,13-15H;4-6H2,1-3H3;1H4. The van der Waals surface area contributed by atoms with Gasteiger partial charge in [0, 0.05) is 5.56 Å². The Hall–Kier alpha value is -1.49. The first-order valence-corrected chi connectivity index (χ1v) is 9.43. The summed E-state index contributed by atoms with van der Waals surface area (Å²) >= 11 is 0. The Morgan fingerprint density at radius 3 is 1.73 bits per heavy atom. The normalized spacial score (nSPS) is 11.3. The predicted molar refractivity (Wildman–Crippen MR) is 107 cm³/mol. The summed E-state index contributed by atoms with van der Waals surface area (Å²) in [7, 11) is -1.06. The number of aliphatic hydroxyl groups excluding tert-OH is 1. The third-order valence-corrected chi connectivity index (χ3v) is 4.46. The van der Waals surface area contributed by atoms with Gasteiger partial charge < -0.3 is 23.8 Å². The lowest BCUT2D eigenvalue weighted by Crippen LogP contribution is -1.99. The first-order valence-electron chi connectivity index (χ1n) is 8.33. The van der Waals surface area contributed by atoms with Gasteiger partial charge in [-0.2, -0.15) is 0 Å². The van der Waals surface area contributed by atoms with Crippen LogP contribution < -0.4 is 0 Å². The molecule has 2 aromatic rings. The Morgan fingerprint density at radius 1 is 0.808 bits per heavy atom. The van der Waals surface area contributed by atoms with Gasteiger partial charge in [-0.1, -0.05) is 56.0 Å². The van der Waals surface area contributed by atoms with Crippen LogP contribution in [0.25, 0.3) is 0 Å². The highest BCUT2D eigenvalue weighted by atomic mass is 31.2. The van der Waals surface area contributed by atoms with Gasteiger partial charge in [0.25, 0.3) is 0 Å². The van der Waals surface area contributed by atoms with E-state index < -0.39 is 14.7 Å². The van der Waals surface area contributed by atoms with Crippen molar-refractivity contribution in [3.05, 3.63) is 65.7 Å². The molecule has 0 bridgehead atoms. The molecular formula is C20H31O5P. The Labute approximate surface area is 158 Å². The van der Waals surface area contributed by atoms with E-state index in [1.807, 2.05) is 51.1 Å². The van der Waals surface area contributed by atoms with Crippen molar-refractivity contribution in [3.63, 3.8) is 0 Å². The molecule has 0 aliphatic carbocycles. The molecule has 0 saturated heterocycles. The van der Waals surface area contributed by atoms with Gasteiger partial charge in [-0.05, 0) is 32.4 Å². The fourth-order valence-electron chi connectivity index (χ4n) is 1.96. The lowest BCUT2D eigenvalue weighted by molar-refractivity contribution is 0.176. The number of para-hydroxylation sites is 1. The zero-order valence-electron chi connectivity index (χ0n) is 15.0. The van der Waals surface area contributed by atoms with Crippen molar-refractivity contribution in [2.24, 2.45) is 0 Å². The molecule has 2 N–H and O–H groups in total. The van der Waals surface area contributed by atoms with Crippen molar-refractivity contribution < 1.29 is 23.8 Å². The summed E-state index contributed by atoms with van der Waals surface area (Å²) < 4.78 is 15.4. The first kappa shape index (κ1) is 24.5. The zero-order chi connectivity index (χ0) is 18.5. The van der Waals surface area contributed by atoms with E-state index in [0.717, 1.165) is 5.56 Å². The fourth-order valence-corrected chi connectivity index (χ4v) is 2.82. The van der Waals surface area contributed by atoms with E-state index in [4.69, 9.17) is 13.6 Å². The molecule has 2 rings (SSSR count). The summed E-state index contributed by atoms with van der Waals surface area (Å²) in [6.45, 7) is 7.71. The maximum Gasteiger partial charge on any atom is 0.332 e. The summed E-state index contributed by atoms with van der Waals surface area (Å²) in [5, 5.41) is 19.6. The van der Waals surface area contributed by atoms with E-state index in [1.165, 1.54) is 0 Å². The predicted octanol–water partition coefficient (Wildman–Crippen LogP) is 5.43. The summed E-state index contributed by atoms with van der Waals surface area (Å²) in [5.41, 5.74) is 1.31. The highest BCUT2D eigenvalue weighted by Crippen LogP contribution is 2.38. The van der Waals surface area contributed by atoms with Crippen molar-refractivity contribution in [2.45, 2.75) is 34.3 Å². The third kappa shape index (κ3) is 8.75. The average Bonchev–Trinajstić information content (AvgIpc) is 2.64. The van der Waals surface area contributed by atoms with E-state index in [1.54, 1.807) is 24.3 Å². The smallest absolute Gasteiger partial charge is 0.332 e. The van der Waals surface area contributed by atoms with Crippen LogP contribution in [0, 0.1) is 0 Å². The molecule has 0 aliphatic heterocycles. The van der Waals surface area contributed by atoms with E-state index in [9.17, 15) is 10.2 Å². The number of hydrogen-bond donors (Lipinski definition) is 2. The Bertz CT molecular complexity index is 565. The van der Waals surface area contributed by atoms with Crippen LogP contribution in [-0.2, 0) is 13.6 Å². The SMILES string of the molecule is C.CCOP(OCC)OCC.Oc1ccccc1C(O)c1ccccc1. The van der Waals surface area contributed by atoms with E-state index in [2.05, 4.69) is 0 Å². The van der Waals surface area contributed by atoms with Gasteiger partial charge >= 0.3 is 8.60 Å². The Kier molecular flexibility index (Phi) is 13.8. The molecule has 0 fully saturated rings. The Morgan fingerprint density at radius 2 is 1.27 bits per heavy atom. The summed E-state index contributed by atoms with van der Waals surface area (Å²) in [6.07, 6.45) is -0.771. The van der Waals surface area contributed by atoms with Gasteiger partial charge in [-0.15, -0.1) is 0 Å². The van der Waals surface area contributed by atoms with Crippen molar-refractivity contribution in [2.75, 3.05) is 19.8 Å². The molecule has 1 atom stereocenters. The molecule has 0 heterocycles. The van der Waals surface area contributed by atoms with Crippen LogP contribution in [0.1, 0.15) is 45.4 Å². The van der Waals surface area contributed by atoms with E-state index >= 15 is 0 Å². The number of phenolic OH excluding ortho intramolecular Hbond substituents is 1. The van der Waals surface area contributed by atoms with Crippen molar-refractivity contribution in [1.29, 1.82) is 0 Å². The number of hydrogen-bond acceptors (Lipinski definition) is 5. The van der Waals surface area contributed by atoms with Crippen LogP contribution in [0.3, 0.4) is 0 Å². The molecular weight excluding hydrogens is 351 g/mol. The number of aliphatic hydroxyl groups is 1. The largest absolute Gasteiger partial charge is 0.508 e. The molecule has 26 heavy (non-hydrogen) atoms. The molecule has 146 valence electrons. The second-order valence-electron chi connectivity index (χ2n) is 4.85. The summed E-state index contributed by atoms with van der Waals surface area (Å²) in [5.74, 6) is 0.119. The van der Waals surface area contributed by atoms with Crippen molar-refractivity contribution in [3.8, 4) is 5.75 Å². The van der Waals surface area contributed by atoms with E-state index in [0.29, 0.717) is 25.4 Å². The van der Waals surface area contributed by atoms with E-state index in [-0.39, 0.29) is 13.2 Å². The molecule has 0 aliphatic rings. The maximum absolute atomic E-state index is 10.0. The monoisotopic (exact) mass is 382 g/mol. The first-order chi connectivity index (χ1) is 12.1. The summed E-state index contributed by atoms with van der Waals surface area (Å²) in [6, 6.07) is 16.1. The minimum absolute atomic E-state index is 0. The van der Waals surface area contributed by atoms with Crippen LogP contribution in [0.5, 0.6) is 5.75 Å². The molecule has 0 amide bonds. The summed E-state index contributed by atoms with van der Waals surface area (Å²) in [4.78, 5) is 0. The van der Waals surface area contributed by atoms with Crippen LogP contribution >= 0.6 is 8.60 Å². The van der Waals surface area contributed by atoms with Gasteiger partial charge in [-0.3, -0.25) is 0 Å². The average molecular weight is 382 g/mol. The zero-order valence-corrected chi connectivity index (χ0v) is 15.9. The molecule has 6 heteroatoms. The lowest BCUT2D eigenvalue weighted by Gasteiger charge is -2.12. The number of phenols is 1. The number of benzene rings is 2. The van der Waals surface area contributed by atoms with Crippen LogP contribution in [0.2, 0.25) is 0 Å². The van der Waals surface area contributed by atoms with Crippen LogP contribution in [0.4, 0.5) is 0 Å². The van der Waals surface area contributed by atoms with Gasteiger partial charge in [0.1, 0.15) is 11.9 Å². The third-order valence-electron chi connectivity index (χ3n) is 3.05. The lowest BCUT2D eigenvalue weighted by atomic mass is 10.0. The molecule has 0 spiro atoms. The van der Waals surface area contributed by atoms with Gasteiger partial charge in [0.05, 0.1) is 19.8 Å². The highest BCUT2D eigenvalue weighted by molar-refractivity contribution is 7.41. The molecule has 0 saturated carbocycles. The second-order valence-corrected chi connectivity index (χ2v) is 6.07. The highest BCUT2D eigenvalue weighted by Gasteiger charge is 2.12. The van der Waals surface area contributed by atoms with Gasteiger partial charge in [0.2, 0.25) is 0 Å². The number of rotatable bonds is 8. The molecule has 2 aromatic carbocycles. The molecule has 1 unspecified atom stereocenters.